The molecule has 0 spiro atoms. The Balaban J connectivity index is 2.22. The summed E-state index contributed by atoms with van der Waals surface area (Å²) in [6.45, 7) is 4.54. The molecule has 20 heavy (non-hydrogen) atoms. The lowest BCUT2D eigenvalue weighted by Crippen LogP contribution is -2.19. The molecular weight excluding hydrogens is 274 g/mol. The molecule has 1 aromatic rings. The highest BCUT2D eigenvalue weighted by Gasteiger charge is 2.29. The average molecular weight is 297 g/mol. The van der Waals surface area contributed by atoms with E-state index in [0.717, 1.165) is 10.7 Å². The third kappa shape index (κ3) is 3.38. The van der Waals surface area contributed by atoms with Crippen molar-refractivity contribution in [2.75, 3.05) is 13.7 Å². The van der Waals surface area contributed by atoms with Crippen molar-refractivity contribution in [3.63, 3.8) is 0 Å². The van der Waals surface area contributed by atoms with Crippen LogP contribution in [0.2, 0.25) is 0 Å². The number of nitrogens with zero attached hydrogens (tertiary/aromatic N) is 1. The van der Waals surface area contributed by atoms with Gasteiger partial charge in [0.2, 0.25) is 0 Å². The number of ether oxygens (including phenoxy) is 2. The highest BCUT2D eigenvalue weighted by molar-refractivity contribution is 7.13. The second kappa shape index (κ2) is 7.18. The maximum absolute atomic E-state index is 11.7. The molecule has 1 atom stereocenters. The summed E-state index contributed by atoms with van der Waals surface area (Å²) < 4.78 is 10.8. The Morgan fingerprint density at radius 3 is 2.70 bits per heavy atom. The van der Waals surface area contributed by atoms with Crippen LogP contribution in [0.25, 0.3) is 0 Å². The fourth-order valence-corrected chi connectivity index (χ4v) is 3.97. The number of methoxy groups -OCH3 is 1. The zero-order valence-electron chi connectivity index (χ0n) is 12.5. The van der Waals surface area contributed by atoms with E-state index in [2.05, 4.69) is 4.98 Å². The second-order valence-corrected chi connectivity index (χ2v) is 6.26. The first kappa shape index (κ1) is 15.4. The summed E-state index contributed by atoms with van der Waals surface area (Å²) in [4.78, 5) is 16.9. The van der Waals surface area contributed by atoms with Gasteiger partial charge in [0, 0.05) is 6.61 Å². The maximum atomic E-state index is 11.7. The van der Waals surface area contributed by atoms with Gasteiger partial charge in [0.25, 0.3) is 0 Å². The molecule has 1 fully saturated rings. The number of aryl methyl sites for hydroxylation is 1. The molecule has 0 N–H and O–H groups in total. The summed E-state index contributed by atoms with van der Waals surface area (Å²) in [5, 5.41) is 0.927. The van der Waals surface area contributed by atoms with Crippen molar-refractivity contribution in [3.8, 4) is 0 Å². The van der Waals surface area contributed by atoms with Crippen LogP contribution in [0.4, 0.5) is 0 Å². The average Bonchev–Trinajstić information content (AvgIpc) is 2.86. The Kier molecular flexibility index (Phi) is 5.54. The predicted octanol–water partition coefficient (Wildman–Crippen LogP) is 3.90. The normalized spacial score (nSPS) is 17.9. The molecule has 1 heterocycles. The SMILES string of the molecule is CCOC(c1nc(C)c(C(=O)OC)s1)C1CCCCC1. The first-order valence-corrected chi connectivity index (χ1v) is 8.16. The van der Waals surface area contributed by atoms with Crippen LogP contribution in [0.3, 0.4) is 0 Å². The summed E-state index contributed by atoms with van der Waals surface area (Å²) in [5.74, 6) is 0.227. The minimum absolute atomic E-state index is 0.0300. The summed E-state index contributed by atoms with van der Waals surface area (Å²) in [6, 6.07) is 0. The molecule has 0 bridgehead atoms. The monoisotopic (exact) mass is 297 g/mol. The van der Waals surface area contributed by atoms with Crippen LogP contribution in [-0.4, -0.2) is 24.7 Å². The topological polar surface area (TPSA) is 48.4 Å². The second-order valence-electron chi connectivity index (χ2n) is 5.23. The van der Waals surface area contributed by atoms with E-state index in [1.165, 1.54) is 50.6 Å². The Morgan fingerprint density at radius 2 is 2.10 bits per heavy atom. The number of aromatic nitrogens is 1. The summed E-state index contributed by atoms with van der Waals surface area (Å²) in [5.41, 5.74) is 0.748. The van der Waals surface area contributed by atoms with E-state index >= 15 is 0 Å². The van der Waals surface area contributed by atoms with Gasteiger partial charge in [0.15, 0.2) is 0 Å². The van der Waals surface area contributed by atoms with Crippen molar-refractivity contribution in [1.82, 2.24) is 4.98 Å². The van der Waals surface area contributed by atoms with E-state index in [9.17, 15) is 4.79 Å². The van der Waals surface area contributed by atoms with Gasteiger partial charge in [-0.1, -0.05) is 19.3 Å². The molecule has 4 nitrogen and oxygen atoms in total. The van der Waals surface area contributed by atoms with Gasteiger partial charge in [-0.3, -0.25) is 0 Å². The Bertz CT molecular complexity index is 452. The van der Waals surface area contributed by atoms with E-state index in [0.29, 0.717) is 17.4 Å². The molecule has 1 aliphatic carbocycles. The number of hydrogen-bond acceptors (Lipinski definition) is 5. The van der Waals surface area contributed by atoms with E-state index in [1.54, 1.807) is 0 Å². The molecule has 1 aromatic heterocycles. The fraction of sp³-hybridized carbons (Fsp3) is 0.733. The third-order valence-corrected chi connectivity index (χ3v) is 5.05. The molecule has 2 rings (SSSR count). The van der Waals surface area contributed by atoms with Gasteiger partial charge in [-0.05, 0) is 32.6 Å². The number of thiazole rings is 1. The van der Waals surface area contributed by atoms with Crippen LogP contribution >= 0.6 is 11.3 Å². The van der Waals surface area contributed by atoms with E-state index < -0.39 is 0 Å². The highest BCUT2D eigenvalue weighted by Crippen LogP contribution is 2.39. The van der Waals surface area contributed by atoms with Crippen LogP contribution in [0, 0.1) is 12.8 Å². The maximum Gasteiger partial charge on any atom is 0.349 e. The quantitative estimate of drug-likeness (QED) is 0.773. The highest BCUT2D eigenvalue weighted by atomic mass is 32.1. The lowest BCUT2D eigenvalue weighted by molar-refractivity contribution is 0.00545. The first-order chi connectivity index (χ1) is 9.67. The molecule has 1 unspecified atom stereocenters. The summed E-state index contributed by atoms with van der Waals surface area (Å²) >= 11 is 1.42. The number of hydrogen-bond donors (Lipinski definition) is 0. The number of esters is 1. The molecule has 112 valence electrons. The van der Waals surface area contributed by atoms with Crippen molar-refractivity contribution in [2.24, 2.45) is 5.92 Å². The summed E-state index contributed by atoms with van der Waals surface area (Å²) in [6.07, 6.45) is 6.26. The van der Waals surface area contributed by atoms with Gasteiger partial charge >= 0.3 is 5.97 Å². The minimum Gasteiger partial charge on any atom is -0.465 e. The van der Waals surface area contributed by atoms with Crippen molar-refractivity contribution in [2.45, 2.75) is 52.1 Å². The van der Waals surface area contributed by atoms with Gasteiger partial charge in [-0.25, -0.2) is 9.78 Å². The molecule has 0 aromatic carbocycles. The standard InChI is InChI=1S/C15H23NO3S/c1-4-19-12(11-8-6-5-7-9-11)14-16-10(2)13(20-14)15(17)18-3/h11-12H,4-9H2,1-3H3. The number of rotatable bonds is 5. The zero-order chi connectivity index (χ0) is 14.5. The number of carbonyl (C=O) groups is 1. The molecule has 5 heteroatoms. The van der Waals surface area contributed by atoms with Crippen LogP contribution in [0.5, 0.6) is 0 Å². The Labute approximate surface area is 124 Å². The van der Waals surface area contributed by atoms with Crippen molar-refractivity contribution in [3.05, 3.63) is 15.6 Å². The predicted molar refractivity (Wildman–Crippen MR) is 79.1 cm³/mol. The lowest BCUT2D eigenvalue weighted by atomic mass is 9.85. The van der Waals surface area contributed by atoms with E-state index in [4.69, 9.17) is 9.47 Å². The van der Waals surface area contributed by atoms with Crippen molar-refractivity contribution in [1.29, 1.82) is 0 Å². The largest absolute Gasteiger partial charge is 0.465 e. The first-order valence-electron chi connectivity index (χ1n) is 7.34. The lowest BCUT2D eigenvalue weighted by Gasteiger charge is -2.28. The molecule has 0 radical (unpaired) electrons. The van der Waals surface area contributed by atoms with Crippen LogP contribution in [-0.2, 0) is 9.47 Å². The molecule has 0 aliphatic heterocycles. The molecule has 1 aliphatic rings. The van der Waals surface area contributed by atoms with Gasteiger partial charge in [0.05, 0.1) is 12.8 Å². The van der Waals surface area contributed by atoms with Crippen LogP contribution in [0.15, 0.2) is 0 Å². The smallest absolute Gasteiger partial charge is 0.349 e. The van der Waals surface area contributed by atoms with Gasteiger partial charge in [-0.15, -0.1) is 11.3 Å². The molecule has 0 saturated heterocycles. The van der Waals surface area contributed by atoms with Gasteiger partial charge < -0.3 is 9.47 Å². The Morgan fingerprint density at radius 1 is 1.40 bits per heavy atom. The fourth-order valence-electron chi connectivity index (χ4n) is 2.85. The van der Waals surface area contributed by atoms with E-state index in [-0.39, 0.29) is 12.1 Å². The van der Waals surface area contributed by atoms with Crippen molar-refractivity contribution < 1.29 is 14.3 Å². The van der Waals surface area contributed by atoms with Crippen LogP contribution < -0.4 is 0 Å². The van der Waals surface area contributed by atoms with Crippen molar-refractivity contribution >= 4 is 17.3 Å². The third-order valence-electron chi connectivity index (χ3n) is 3.85. The van der Waals surface area contributed by atoms with Gasteiger partial charge in [0.1, 0.15) is 16.0 Å². The summed E-state index contributed by atoms with van der Waals surface area (Å²) in [7, 11) is 1.41. The number of carbonyl (C=O) groups excluding carboxylic acids is 1. The molecule has 0 amide bonds. The molecule has 1 saturated carbocycles. The van der Waals surface area contributed by atoms with Gasteiger partial charge in [-0.2, -0.15) is 0 Å². The Hall–Kier alpha value is -0.940. The zero-order valence-corrected chi connectivity index (χ0v) is 13.3. The van der Waals surface area contributed by atoms with E-state index in [1.807, 2.05) is 13.8 Å². The van der Waals surface area contributed by atoms with Crippen LogP contribution in [0.1, 0.15) is 65.5 Å². The minimum atomic E-state index is -0.301. The molecular formula is C15H23NO3S.